The Balaban J connectivity index is 1.60. The minimum Gasteiger partial charge on any atom is -0.465 e. The van der Waals surface area contributed by atoms with Crippen LogP contribution in [0.25, 0.3) is 0 Å². The van der Waals surface area contributed by atoms with Crippen molar-refractivity contribution in [3.8, 4) is 11.5 Å². The van der Waals surface area contributed by atoms with Gasteiger partial charge in [0.25, 0.3) is 0 Å². The highest BCUT2D eigenvalue weighted by molar-refractivity contribution is 5.95. The summed E-state index contributed by atoms with van der Waals surface area (Å²) in [6, 6.07) is 11.6. The van der Waals surface area contributed by atoms with Crippen LogP contribution in [0.1, 0.15) is 23.7 Å². The van der Waals surface area contributed by atoms with Gasteiger partial charge in [-0.3, -0.25) is 9.59 Å². The topological polar surface area (TPSA) is 94.2 Å². The van der Waals surface area contributed by atoms with Gasteiger partial charge < -0.3 is 24.4 Å². The Bertz CT molecular complexity index is 894. The summed E-state index contributed by atoms with van der Waals surface area (Å²) in [4.78, 5) is 37.2. The van der Waals surface area contributed by atoms with Gasteiger partial charge in [0.05, 0.1) is 12.7 Å². The molecule has 0 saturated carbocycles. The zero-order chi connectivity index (χ0) is 20.1. The van der Waals surface area contributed by atoms with Crippen molar-refractivity contribution in [2.24, 2.45) is 0 Å². The summed E-state index contributed by atoms with van der Waals surface area (Å²) in [5, 5.41) is 2.78. The SMILES string of the molecule is COC(=O)c1ccc(N(CCC(=O)Nc2ccc3c(c2)OCO3)C(C)=O)cc1. The van der Waals surface area contributed by atoms with E-state index >= 15 is 0 Å². The summed E-state index contributed by atoms with van der Waals surface area (Å²) in [5.41, 5.74) is 1.57. The zero-order valence-electron chi connectivity index (χ0n) is 15.6. The fourth-order valence-electron chi connectivity index (χ4n) is 2.77. The van der Waals surface area contributed by atoms with Crippen molar-refractivity contribution in [2.45, 2.75) is 13.3 Å². The number of hydrogen-bond donors (Lipinski definition) is 1. The number of carbonyl (C=O) groups is 3. The van der Waals surface area contributed by atoms with Gasteiger partial charge in [-0.1, -0.05) is 0 Å². The van der Waals surface area contributed by atoms with E-state index in [2.05, 4.69) is 10.1 Å². The molecule has 1 aliphatic heterocycles. The van der Waals surface area contributed by atoms with Crippen LogP contribution in [0.2, 0.25) is 0 Å². The van der Waals surface area contributed by atoms with Crippen molar-refractivity contribution in [1.29, 1.82) is 0 Å². The van der Waals surface area contributed by atoms with Gasteiger partial charge in [0, 0.05) is 37.3 Å². The molecule has 0 saturated heterocycles. The highest BCUT2D eigenvalue weighted by Crippen LogP contribution is 2.34. The molecule has 0 unspecified atom stereocenters. The van der Waals surface area contributed by atoms with Crippen molar-refractivity contribution in [1.82, 2.24) is 0 Å². The Hall–Kier alpha value is -3.55. The normalized spacial score (nSPS) is 11.6. The van der Waals surface area contributed by atoms with Gasteiger partial charge in [-0.05, 0) is 36.4 Å². The number of amides is 2. The smallest absolute Gasteiger partial charge is 0.337 e. The minimum atomic E-state index is -0.455. The third-order valence-electron chi connectivity index (χ3n) is 4.20. The first-order valence-electron chi connectivity index (χ1n) is 8.64. The molecule has 0 spiro atoms. The minimum absolute atomic E-state index is 0.104. The van der Waals surface area contributed by atoms with Gasteiger partial charge in [-0.25, -0.2) is 4.79 Å². The number of hydrogen-bond acceptors (Lipinski definition) is 6. The van der Waals surface area contributed by atoms with Crippen LogP contribution in [0.5, 0.6) is 11.5 Å². The van der Waals surface area contributed by atoms with E-state index in [1.165, 1.54) is 18.9 Å². The number of esters is 1. The third-order valence-corrected chi connectivity index (χ3v) is 4.20. The maximum atomic E-state index is 12.3. The second-order valence-corrected chi connectivity index (χ2v) is 6.08. The number of fused-ring (bicyclic) bond motifs is 1. The number of carbonyl (C=O) groups excluding carboxylic acids is 3. The van der Waals surface area contributed by atoms with Crippen molar-refractivity contribution in [3.63, 3.8) is 0 Å². The lowest BCUT2D eigenvalue weighted by atomic mass is 10.2. The van der Waals surface area contributed by atoms with Crippen LogP contribution < -0.4 is 19.7 Å². The zero-order valence-corrected chi connectivity index (χ0v) is 15.6. The van der Waals surface area contributed by atoms with E-state index in [1.54, 1.807) is 42.5 Å². The third kappa shape index (κ3) is 4.40. The molecule has 0 aromatic heterocycles. The van der Waals surface area contributed by atoms with Crippen LogP contribution in [-0.2, 0) is 14.3 Å². The Kier molecular flexibility index (Phi) is 5.78. The summed E-state index contributed by atoms with van der Waals surface area (Å²) in [6.07, 6.45) is 0.104. The first-order chi connectivity index (χ1) is 13.5. The highest BCUT2D eigenvalue weighted by atomic mass is 16.7. The average Bonchev–Trinajstić information content (AvgIpc) is 3.15. The van der Waals surface area contributed by atoms with E-state index in [4.69, 9.17) is 9.47 Å². The van der Waals surface area contributed by atoms with Gasteiger partial charge in [-0.15, -0.1) is 0 Å². The van der Waals surface area contributed by atoms with Crippen LogP contribution in [0.15, 0.2) is 42.5 Å². The molecule has 2 amide bonds. The second-order valence-electron chi connectivity index (χ2n) is 6.08. The molecule has 0 fully saturated rings. The molecule has 0 bridgehead atoms. The molecule has 2 aromatic carbocycles. The van der Waals surface area contributed by atoms with E-state index in [-0.39, 0.29) is 31.6 Å². The monoisotopic (exact) mass is 384 g/mol. The first-order valence-corrected chi connectivity index (χ1v) is 8.64. The molecule has 0 aliphatic carbocycles. The average molecular weight is 384 g/mol. The molecule has 1 heterocycles. The van der Waals surface area contributed by atoms with E-state index < -0.39 is 5.97 Å². The summed E-state index contributed by atoms with van der Waals surface area (Å²) >= 11 is 0. The van der Waals surface area contributed by atoms with Gasteiger partial charge in [0.15, 0.2) is 11.5 Å². The Labute approximate surface area is 162 Å². The molecule has 0 atom stereocenters. The fourth-order valence-corrected chi connectivity index (χ4v) is 2.77. The first kappa shape index (κ1) is 19.2. The van der Waals surface area contributed by atoms with Gasteiger partial charge in [0.2, 0.25) is 18.6 Å². The van der Waals surface area contributed by atoms with E-state index in [9.17, 15) is 14.4 Å². The lowest BCUT2D eigenvalue weighted by Crippen LogP contribution is -2.32. The number of anilines is 2. The lowest BCUT2D eigenvalue weighted by molar-refractivity contribution is -0.117. The van der Waals surface area contributed by atoms with E-state index in [0.717, 1.165) is 0 Å². The maximum Gasteiger partial charge on any atom is 0.337 e. The molecule has 0 radical (unpaired) electrons. The van der Waals surface area contributed by atoms with Crippen LogP contribution in [0.4, 0.5) is 11.4 Å². The summed E-state index contributed by atoms with van der Waals surface area (Å²) in [6.45, 7) is 1.78. The molecule has 8 nitrogen and oxygen atoms in total. The van der Waals surface area contributed by atoms with Crippen molar-refractivity contribution < 1.29 is 28.6 Å². The number of rotatable bonds is 6. The van der Waals surface area contributed by atoms with Crippen LogP contribution in [0, 0.1) is 0 Å². The molecular formula is C20H20N2O6. The standard InChI is InChI=1S/C20H20N2O6/c1-13(23)22(16-6-3-14(4-7-16)20(25)26-2)10-9-19(24)21-15-5-8-17-18(11-15)28-12-27-17/h3-8,11H,9-10,12H2,1-2H3,(H,21,24). The molecule has 1 aliphatic rings. The Morgan fingerprint density at radius 2 is 1.79 bits per heavy atom. The predicted molar refractivity (Wildman–Crippen MR) is 102 cm³/mol. The van der Waals surface area contributed by atoms with Gasteiger partial charge in [0.1, 0.15) is 0 Å². The Morgan fingerprint density at radius 1 is 1.07 bits per heavy atom. The molecule has 1 N–H and O–H groups in total. The number of benzene rings is 2. The molecule has 3 rings (SSSR count). The predicted octanol–water partition coefficient (Wildman–Crippen LogP) is 2.58. The van der Waals surface area contributed by atoms with Crippen LogP contribution >= 0.6 is 0 Å². The molecule has 28 heavy (non-hydrogen) atoms. The lowest BCUT2D eigenvalue weighted by Gasteiger charge is -2.21. The quantitative estimate of drug-likeness (QED) is 0.770. The highest BCUT2D eigenvalue weighted by Gasteiger charge is 2.16. The number of nitrogens with zero attached hydrogens (tertiary/aromatic N) is 1. The van der Waals surface area contributed by atoms with Crippen molar-refractivity contribution in [3.05, 3.63) is 48.0 Å². The Morgan fingerprint density at radius 3 is 2.46 bits per heavy atom. The summed E-state index contributed by atoms with van der Waals surface area (Å²) < 4.78 is 15.2. The van der Waals surface area contributed by atoms with Gasteiger partial charge >= 0.3 is 5.97 Å². The van der Waals surface area contributed by atoms with Crippen molar-refractivity contribution in [2.75, 3.05) is 30.7 Å². The molecule has 2 aromatic rings. The fraction of sp³-hybridized carbons (Fsp3) is 0.250. The second kappa shape index (κ2) is 8.43. The maximum absolute atomic E-state index is 12.3. The largest absolute Gasteiger partial charge is 0.465 e. The summed E-state index contributed by atoms with van der Waals surface area (Å²) in [5.74, 6) is 0.312. The van der Waals surface area contributed by atoms with Crippen LogP contribution in [0.3, 0.4) is 0 Å². The van der Waals surface area contributed by atoms with Crippen molar-refractivity contribution >= 4 is 29.2 Å². The molecular weight excluding hydrogens is 364 g/mol. The van der Waals surface area contributed by atoms with Crippen LogP contribution in [-0.4, -0.2) is 38.2 Å². The number of nitrogens with one attached hydrogen (secondary N) is 1. The molecule has 146 valence electrons. The van der Waals surface area contributed by atoms with E-state index in [1.807, 2.05) is 0 Å². The van der Waals surface area contributed by atoms with E-state index in [0.29, 0.717) is 28.4 Å². The number of ether oxygens (including phenoxy) is 3. The summed E-state index contributed by atoms with van der Waals surface area (Å²) in [7, 11) is 1.30. The number of methoxy groups -OCH3 is 1. The molecule has 8 heteroatoms. The van der Waals surface area contributed by atoms with Gasteiger partial charge in [-0.2, -0.15) is 0 Å².